The van der Waals surface area contributed by atoms with E-state index in [0.717, 1.165) is 12.0 Å². The van der Waals surface area contributed by atoms with Crippen LogP contribution in [-0.4, -0.2) is 74.8 Å². The van der Waals surface area contributed by atoms with Crippen LogP contribution in [0.5, 0.6) is 5.75 Å². The lowest BCUT2D eigenvalue weighted by Gasteiger charge is -2.23. The third-order valence-electron chi connectivity index (χ3n) is 4.37. The monoisotopic (exact) mass is 425 g/mol. The van der Waals surface area contributed by atoms with Crippen LogP contribution in [0.3, 0.4) is 0 Å². The topological polar surface area (TPSA) is 94.5 Å². The summed E-state index contributed by atoms with van der Waals surface area (Å²) in [6.07, 6.45) is -0.0685. The molecule has 0 saturated carbocycles. The molecule has 0 heterocycles. The van der Waals surface area contributed by atoms with E-state index in [1.165, 1.54) is 0 Å². The van der Waals surface area contributed by atoms with E-state index in [2.05, 4.69) is 13.8 Å². The summed E-state index contributed by atoms with van der Waals surface area (Å²) in [5.74, 6) is 0.147. The molecule has 1 aromatic rings. The quantitative estimate of drug-likeness (QED) is 0.431. The van der Waals surface area contributed by atoms with Gasteiger partial charge in [0, 0.05) is 26.7 Å². The number of methoxy groups -OCH3 is 1. The van der Waals surface area contributed by atoms with Crippen LogP contribution in [0.4, 0.5) is 4.79 Å². The van der Waals surface area contributed by atoms with Gasteiger partial charge >= 0.3 is 12.1 Å². The molecule has 8 nitrogen and oxygen atoms in total. The van der Waals surface area contributed by atoms with Crippen LogP contribution in [0.2, 0.25) is 0 Å². The second-order valence-electron chi connectivity index (χ2n) is 7.26. The van der Waals surface area contributed by atoms with Gasteiger partial charge in [-0.3, -0.25) is 0 Å². The second kappa shape index (κ2) is 14.6. The van der Waals surface area contributed by atoms with E-state index in [1.54, 1.807) is 31.1 Å². The largest absolute Gasteiger partial charge is 0.492 e. The number of aliphatic carboxylic acids is 1. The molecule has 8 heteroatoms. The van der Waals surface area contributed by atoms with E-state index in [9.17, 15) is 14.7 Å². The van der Waals surface area contributed by atoms with Crippen LogP contribution in [-0.2, 0) is 25.4 Å². The number of benzene rings is 1. The highest BCUT2D eigenvalue weighted by molar-refractivity contribution is 5.72. The number of carboxylic acid groups (broad SMARTS) is 1. The summed E-state index contributed by atoms with van der Waals surface area (Å²) in [5, 5.41) is 9.18. The molecule has 1 amide bonds. The Kier molecular flexibility index (Phi) is 12.5. The standard InChI is InChI=1S/C22H35NO7/c1-5-28-20(21(24)25)16-18-6-8-19(9-7-18)29-13-12-23(11-10-17(2)3)22(26)30-15-14-27-4/h6-9,17,20H,5,10-16H2,1-4H3,(H,24,25). The average Bonchev–Trinajstić information content (AvgIpc) is 2.71. The molecule has 0 aliphatic heterocycles. The summed E-state index contributed by atoms with van der Waals surface area (Å²) in [5.41, 5.74) is 0.850. The molecule has 0 bridgehead atoms. The lowest BCUT2D eigenvalue weighted by molar-refractivity contribution is -0.149. The van der Waals surface area contributed by atoms with Gasteiger partial charge in [-0.1, -0.05) is 26.0 Å². The average molecular weight is 426 g/mol. The minimum atomic E-state index is -0.976. The summed E-state index contributed by atoms with van der Waals surface area (Å²) < 4.78 is 21.1. The van der Waals surface area contributed by atoms with Crippen molar-refractivity contribution in [2.24, 2.45) is 5.92 Å². The number of nitrogens with zero attached hydrogens (tertiary/aromatic N) is 1. The van der Waals surface area contributed by atoms with Crippen molar-refractivity contribution in [1.29, 1.82) is 0 Å². The Morgan fingerprint density at radius 2 is 1.77 bits per heavy atom. The predicted molar refractivity (Wildman–Crippen MR) is 113 cm³/mol. The van der Waals surface area contributed by atoms with Crippen molar-refractivity contribution in [1.82, 2.24) is 4.90 Å². The first-order chi connectivity index (χ1) is 14.4. The number of ether oxygens (including phenoxy) is 4. The number of hydrogen-bond acceptors (Lipinski definition) is 6. The van der Waals surface area contributed by atoms with Crippen LogP contribution in [0.1, 0.15) is 32.8 Å². The van der Waals surface area contributed by atoms with Crippen molar-refractivity contribution in [3.05, 3.63) is 29.8 Å². The molecule has 0 aliphatic carbocycles. The number of carbonyl (C=O) groups is 2. The van der Waals surface area contributed by atoms with Gasteiger partial charge in [0.05, 0.1) is 13.2 Å². The minimum absolute atomic E-state index is 0.217. The molecular weight excluding hydrogens is 390 g/mol. The second-order valence-corrected chi connectivity index (χ2v) is 7.26. The molecule has 1 atom stereocenters. The molecule has 0 fully saturated rings. The van der Waals surface area contributed by atoms with Crippen LogP contribution in [0.15, 0.2) is 24.3 Å². The first kappa shape index (κ1) is 25.7. The molecule has 1 unspecified atom stereocenters. The zero-order valence-corrected chi connectivity index (χ0v) is 18.5. The Morgan fingerprint density at radius 1 is 1.07 bits per heavy atom. The molecule has 30 heavy (non-hydrogen) atoms. The van der Waals surface area contributed by atoms with Crippen molar-refractivity contribution in [3.63, 3.8) is 0 Å². The number of amides is 1. The maximum absolute atomic E-state index is 12.3. The van der Waals surface area contributed by atoms with Gasteiger partial charge in [-0.15, -0.1) is 0 Å². The van der Waals surface area contributed by atoms with Gasteiger partial charge in [0.25, 0.3) is 0 Å². The lowest BCUT2D eigenvalue weighted by atomic mass is 10.1. The molecular formula is C22H35NO7. The van der Waals surface area contributed by atoms with E-state index in [-0.39, 0.29) is 12.7 Å². The third-order valence-corrected chi connectivity index (χ3v) is 4.37. The highest BCUT2D eigenvalue weighted by Gasteiger charge is 2.18. The van der Waals surface area contributed by atoms with E-state index >= 15 is 0 Å². The Morgan fingerprint density at radius 3 is 2.33 bits per heavy atom. The maximum Gasteiger partial charge on any atom is 0.409 e. The van der Waals surface area contributed by atoms with E-state index < -0.39 is 12.1 Å². The van der Waals surface area contributed by atoms with Gasteiger partial charge in [0.15, 0.2) is 6.10 Å². The fourth-order valence-electron chi connectivity index (χ4n) is 2.64. The zero-order valence-electron chi connectivity index (χ0n) is 18.5. The molecule has 0 radical (unpaired) electrons. The minimum Gasteiger partial charge on any atom is -0.492 e. The fraction of sp³-hybridized carbons (Fsp3) is 0.636. The number of carbonyl (C=O) groups excluding carboxylic acids is 1. The molecule has 1 rings (SSSR count). The van der Waals surface area contributed by atoms with Gasteiger partial charge in [-0.2, -0.15) is 0 Å². The summed E-state index contributed by atoms with van der Waals surface area (Å²) in [7, 11) is 1.56. The SMILES string of the molecule is CCOC(Cc1ccc(OCCN(CCC(C)C)C(=O)OCCOC)cc1)C(=O)O. The Labute approximate surface area is 179 Å². The van der Waals surface area contributed by atoms with E-state index in [4.69, 9.17) is 18.9 Å². The smallest absolute Gasteiger partial charge is 0.409 e. The van der Waals surface area contributed by atoms with Crippen LogP contribution >= 0.6 is 0 Å². The highest BCUT2D eigenvalue weighted by atomic mass is 16.6. The maximum atomic E-state index is 12.3. The van der Waals surface area contributed by atoms with Gasteiger partial charge in [0.1, 0.15) is 19.0 Å². The van der Waals surface area contributed by atoms with Crippen LogP contribution in [0.25, 0.3) is 0 Å². The van der Waals surface area contributed by atoms with Gasteiger partial charge in [0.2, 0.25) is 0 Å². The molecule has 0 aliphatic rings. The van der Waals surface area contributed by atoms with Crippen molar-refractivity contribution in [2.75, 3.05) is 46.6 Å². The first-order valence-electron chi connectivity index (χ1n) is 10.3. The Hall–Kier alpha value is -2.32. The van der Waals surface area contributed by atoms with Crippen LogP contribution in [0, 0.1) is 5.92 Å². The number of hydrogen-bond donors (Lipinski definition) is 1. The highest BCUT2D eigenvalue weighted by Crippen LogP contribution is 2.15. The van der Waals surface area contributed by atoms with Crippen molar-refractivity contribution < 1.29 is 33.6 Å². The molecule has 1 aromatic carbocycles. The molecule has 0 spiro atoms. The Bertz CT molecular complexity index is 618. The van der Waals surface area contributed by atoms with Gasteiger partial charge in [-0.25, -0.2) is 9.59 Å². The van der Waals surface area contributed by atoms with E-state index in [0.29, 0.717) is 51.0 Å². The summed E-state index contributed by atoms with van der Waals surface area (Å²) in [4.78, 5) is 25.1. The predicted octanol–water partition coefficient (Wildman–Crippen LogP) is 3.23. The molecule has 0 saturated heterocycles. The third kappa shape index (κ3) is 10.5. The molecule has 170 valence electrons. The molecule has 0 aromatic heterocycles. The lowest BCUT2D eigenvalue weighted by Crippen LogP contribution is -2.37. The summed E-state index contributed by atoms with van der Waals surface area (Å²) in [6, 6.07) is 7.21. The van der Waals surface area contributed by atoms with Gasteiger partial charge in [-0.05, 0) is 37.0 Å². The summed E-state index contributed by atoms with van der Waals surface area (Å²) >= 11 is 0. The van der Waals surface area contributed by atoms with Crippen molar-refractivity contribution in [2.45, 2.75) is 39.7 Å². The Balaban J connectivity index is 2.54. The number of rotatable bonds is 15. The first-order valence-corrected chi connectivity index (χ1v) is 10.3. The molecule has 1 N–H and O–H groups in total. The van der Waals surface area contributed by atoms with Gasteiger partial charge < -0.3 is 29.0 Å². The fourth-order valence-corrected chi connectivity index (χ4v) is 2.64. The van der Waals surface area contributed by atoms with Crippen LogP contribution < -0.4 is 4.74 Å². The van der Waals surface area contributed by atoms with Crippen molar-refractivity contribution in [3.8, 4) is 5.75 Å². The number of carboxylic acids is 1. The summed E-state index contributed by atoms with van der Waals surface area (Å²) in [6.45, 7) is 8.23. The normalized spacial score (nSPS) is 11.9. The van der Waals surface area contributed by atoms with E-state index in [1.807, 2.05) is 12.1 Å². The zero-order chi connectivity index (χ0) is 22.4. The van der Waals surface area contributed by atoms with Crippen molar-refractivity contribution >= 4 is 12.1 Å².